The Balaban J connectivity index is 1.57. The molecule has 0 saturated heterocycles. The van der Waals surface area contributed by atoms with Crippen LogP contribution in [0.1, 0.15) is 32.4 Å². The average Bonchev–Trinajstić information content (AvgIpc) is 3.05. The summed E-state index contributed by atoms with van der Waals surface area (Å²) in [5.74, 6) is 0.771. The first kappa shape index (κ1) is 18.5. The Morgan fingerprint density at radius 1 is 1.38 bits per heavy atom. The number of nitrogens with zero attached hydrogens (tertiary/aromatic N) is 3. The number of pyridine rings is 1. The van der Waals surface area contributed by atoms with Crippen molar-refractivity contribution in [1.82, 2.24) is 19.4 Å². The number of hydrogen-bond acceptors (Lipinski definition) is 6. The molecule has 1 atom stereocenters. The number of hydrogen-bond donors (Lipinski definition) is 1. The van der Waals surface area contributed by atoms with Crippen LogP contribution >= 0.6 is 11.8 Å². The molecular weight excluding hydrogens is 352 g/mol. The molecule has 0 aliphatic rings. The van der Waals surface area contributed by atoms with Crippen LogP contribution in [0.25, 0.3) is 5.65 Å². The second-order valence-electron chi connectivity index (χ2n) is 5.78. The number of fused-ring (bicyclic) bond motifs is 1. The monoisotopic (exact) mass is 374 g/mol. The molecule has 3 aromatic heterocycles. The summed E-state index contributed by atoms with van der Waals surface area (Å²) < 4.78 is 12.9. The minimum absolute atomic E-state index is 0.158. The van der Waals surface area contributed by atoms with E-state index < -0.39 is 6.29 Å². The van der Waals surface area contributed by atoms with Crippen LogP contribution in [0.5, 0.6) is 5.75 Å². The predicted molar refractivity (Wildman–Crippen MR) is 101 cm³/mol. The van der Waals surface area contributed by atoms with Crippen LogP contribution < -0.4 is 10.3 Å². The quantitative estimate of drug-likeness (QED) is 0.268. The molecule has 0 fully saturated rings. The number of imidazole rings is 1. The van der Waals surface area contributed by atoms with Crippen molar-refractivity contribution in [2.24, 2.45) is 0 Å². The van der Waals surface area contributed by atoms with Crippen LogP contribution in [0.15, 0.2) is 46.7 Å². The van der Waals surface area contributed by atoms with Gasteiger partial charge in [-0.3, -0.25) is 9.78 Å². The summed E-state index contributed by atoms with van der Waals surface area (Å²) >= 11 is 1.42. The molecule has 0 amide bonds. The first-order valence-corrected chi connectivity index (χ1v) is 9.57. The van der Waals surface area contributed by atoms with Crippen LogP contribution in [0, 0.1) is 0 Å². The number of aromatic amines is 1. The van der Waals surface area contributed by atoms with Crippen molar-refractivity contribution in [2.45, 2.75) is 43.9 Å². The molecule has 0 spiro atoms. The molecule has 3 heterocycles. The van der Waals surface area contributed by atoms with Gasteiger partial charge in [-0.2, -0.15) is 0 Å². The number of H-pyrrole nitrogens is 1. The van der Waals surface area contributed by atoms with Gasteiger partial charge in [-0.1, -0.05) is 31.2 Å². The van der Waals surface area contributed by atoms with Crippen molar-refractivity contribution in [3.05, 3.63) is 52.8 Å². The molecule has 138 valence electrons. The zero-order valence-electron chi connectivity index (χ0n) is 14.8. The maximum Gasteiger partial charge on any atom is 0.294 e. The van der Waals surface area contributed by atoms with E-state index in [0.29, 0.717) is 17.5 Å². The van der Waals surface area contributed by atoms with E-state index in [1.807, 2.05) is 35.0 Å². The fourth-order valence-electron chi connectivity index (χ4n) is 2.33. The molecule has 0 aromatic carbocycles. The van der Waals surface area contributed by atoms with Gasteiger partial charge in [0.25, 0.3) is 5.56 Å². The Kier molecular flexibility index (Phi) is 6.30. The van der Waals surface area contributed by atoms with Gasteiger partial charge >= 0.3 is 0 Å². The Bertz CT molecular complexity index is 876. The van der Waals surface area contributed by atoms with Gasteiger partial charge in [0.15, 0.2) is 11.4 Å². The third kappa shape index (κ3) is 4.86. The Morgan fingerprint density at radius 3 is 3.04 bits per heavy atom. The van der Waals surface area contributed by atoms with Crippen molar-refractivity contribution in [3.8, 4) is 5.75 Å². The van der Waals surface area contributed by atoms with E-state index in [2.05, 4.69) is 21.9 Å². The summed E-state index contributed by atoms with van der Waals surface area (Å²) in [6.45, 7) is 4.46. The Hall–Kier alpha value is -2.32. The Labute approximate surface area is 155 Å². The Morgan fingerprint density at radius 2 is 2.27 bits per heavy atom. The van der Waals surface area contributed by atoms with Crippen LogP contribution in [-0.2, 0) is 10.5 Å². The molecule has 0 bridgehead atoms. The van der Waals surface area contributed by atoms with Crippen LogP contribution in [0.4, 0.5) is 0 Å². The zero-order valence-corrected chi connectivity index (χ0v) is 15.7. The zero-order chi connectivity index (χ0) is 18.4. The van der Waals surface area contributed by atoms with Crippen molar-refractivity contribution >= 4 is 17.4 Å². The highest BCUT2D eigenvalue weighted by Crippen LogP contribution is 2.19. The maximum atomic E-state index is 12.1. The molecule has 0 aliphatic heterocycles. The van der Waals surface area contributed by atoms with Crippen molar-refractivity contribution in [3.63, 3.8) is 0 Å². The third-order valence-corrected chi connectivity index (χ3v) is 4.58. The first-order valence-electron chi connectivity index (χ1n) is 8.58. The average molecular weight is 374 g/mol. The molecule has 7 nitrogen and oxygen atoms in total. The summed E-state index contributed by atoms with van der Waals surface area (Å²) in [4.78, 5) is 23.7. The van der Waals surface area contributed by atoms with Crippen molar-refractivity contribution in [1.29, 1.82) is 0 Å². The first-order chi connectivity index (χ1) is 12.7. The standard InChI is InChI=1S/C18H22N4O3S/c1-3-4-9-24-13(2)25-15-10-19-18(21-17(15)23)26-12-14-11-22-8-6-5-7-16(22)20-14/h5-8,10-11,13H,3-4,9,12H2,1-2H3,(H,19,21,23). The summed E-state index contributed by atoms with van der Waals surface area (Å²) in [6, 6.07) is 5.85. The SMILES string of the molecule is CCCCOC(C)Oc1cnc(SCc2cn3ccccc3n2)[nH]c1=O. The van der Waals surface area contributed by atoms with Gasteiger partial charge in [0.05, 0.1) is 18.5 Å². The van der Waals surface area contributed by atoms with E-state index in [-0.39, 0.29) is 11.3 Å². The summed E-state index contributed by atoms with van der Waals surface area (Å²) in [7, 11) is 0. The molecule has 0 aliphatic carbocycles. The van der Waals surface area contributed by atoms with Crippen molar-refractivity contribution in [2.75, 3.05) is 6.61 Å². The van der Waals surface area contributed by atoms with Gasteiger partial charge in [-0.15, -0.1) is 0 Å². The lowest BCUT2D eigenvalue weighted by Gasteiger charge is -2.14. The van der Waals surface area contributed by atoms with Gasteiger partial charge in [0.1, 0.15) is 5.65 Å². The van der Waals surface area contributed by atoms with E-state index >= 15 is 0 Å². The molecule has 8 heteroatoms. The van der Waals surface area contributed by atoms with Crippen LogP contribution in [0.2, 0.25) is 0 Å². The van der Waals surface area contributed by atoms with Crippen LogP contribution in [0.3, 0.4) is 0 Å². The second-order valence-corrected chi connectivity index (χ2v) is 6.74. The highest BCUT2D eigenvalue weighted by atomic mass is 32.2. The number of thioether (sulfide) groups is 1. The van der Waals surface area contributed by atoms with Crippen LogP contribution in [-0.4, -0.2) is 32.2 Å². The van der Waals surface area contributed by atoms with Gasteiger partial charge in [0.2, 0.25) is 5.75 Å². The smallest absolute Gasteiger partial charge is 0.294 e. The van der Waals surface area contributed by atoms with E-state index in [1.54, 1.807) is 6.92 Å². The highest BCUT2D eigenvalue weighted by Gasteiger charge is 2.10. The third-order valence-electron chi connectivity index (χ3n) is 3.66. The van der Waals surface area contributed by atoms with E-state index in [4.69, 9.17) is 9.47 Å². The minimum atomic E-state index is -0.485. The van der Waals surface area contributed by atoms with E-state index in [9.17, 15) is 4.79 Å². The summed E-state index contributed by atoms with van der Waals surface area (Å²) in [6.07, 6.45) is 6.87. The molecule has 0 radical (unpaired) electrons. The van der Waals surface area contributed by atoms with Gasteiger partial charge in [0, 0.05) is 18.1 Å². The fourth-order valence-corrected chi connectivity index (χ4v) is 3.05. The molecule has 1 N–H and O–H groups in total. The van der Waals surface area contributed by atoms with E-state index in [1.165, 1.54) is 18.0 Å². The number of nitrogens with one attached hydrogen (secondary N) is 1. The van der Waals surface area contributed by atoms with Gasteiger partial charge in [-0.05, 0) is 25.5 Å². The largest absolute Gasteiger partial charge is 0.458 e. The lowest BCUT2D eigenvalue weighted by Crippen LogP contribution is -2.22. The number of rotatable bonds is 9. The molecule has 26 heavy (non-hydrogen) atoms. The molecule has 1 unspecified atom stereocenters. The predicted octanol–water partition coefficient (Wildman–Crippen LogP) is 3.25. The maximum absolute atomic E-state index is 12.1. The minimum Gasteiger partial charge on any atom is -0.458 e. The molecular formula is C18H22N4O3S. The normalized spacial score (nSPS) is 12.4. The summed E-state index contributed by atoms with van der Waals surface area (Å²) in [5.41, 5.74) is 1.50. The summed E-state index contributed by atoms with van der Waals surface area (Å²) in [5, 5.41) is 0.527. The van der Waals surface area contributed by atoms with Gasteiger partial charge < -0.3 is 13.9 Å². The molecule has 3 aromatic rings. The number of aromatic nitrogens is 4. The lowest BCUT2D eigenvalue weighted by atomic mass is 10.4. The van der Waals surface area contributed by atoms with Crippen molar-refractivity contribution < 1.29 is 9.47 Å². The fraction of sp³-hybridized carbons (Fsp3) is 0.389. The van der Waals surface area contributed by atoms with Gasteiger partial charge in [-0.25, -0.2) is 9.97 Å². The number of ether oxygens (including phenoxy) is 2. The lowest BCUT2D eigenvalue weighted by molar-refractivity contribution is -0.0683. The number of unbranched alkanes of at least 4 members (excludes halogenated alkanes) is 1. The second kappa shape index (κ2) is 8.86. The molecule has 3 rings (SSSR count). The van der Waals surface area contributed by atoms with E-state index in [0.717, 1.165) is 24.2 Å². The topological polar surface area (TPSA) is 81.5 Å². The molecule has 0 saturated carbocycles. The highest BCUT2D eigenvalue weighted by molar-refractivity contribution is 7.98.